The van der Waals surface area contributed by atoms with E-state index in [-0.39, 0.29) is 0 Å². The number of anilines is 1. The quantitative estimate of drug-likeness (QED) is 0.489. The first-order valence-electron chi connectivity index (χ1n) is 4.65. The molecule has 2 heterocycles. The number of hydrogen-bond donors (Lipinski definition) is 2. The van der Waals surface area contributed by atoms with Gasteiger partial charge in [0.1, 0.15) is 10.9 Å². The fourth-order valence-corrected chi connectivity index (χ4v) is 2.07. The standard InChI is InChI=1S/C8H10ClN7S/c1-4-14-15-8(16(4)2)17-6-5(9)3-11-7(12-6)13-10/h3H,10H2,1-2H3,(H,11,12,13). The summed E-state index contributed by atoms with van der Waals surface area (Å²) in [6, 6.07) is 0. The molecule has 0 saturated heterocycles. The van der Waals surface area contributed by atoms with Crippen LogP contribution in [-0.4, -0.2) is 24.7 Å². The average molecular weight is 272 g/mol. The van der Waals surface area contributed by atoms with E-state index in [0.717, 1.165) is 5.82 Å². The minimum atomic E-state index is 0.302. The van der Waals surface area contributed by atoms with Gasteiger partial charge >= 0.3 is 0 Å². The number of hydrogen-bond acceptors (Lipinski definition) is 7. The molecular formula is C8H10ClN7S. The van der Waals surface area contributed by atoms with E-state index >= 15 is 0 Å². The molecule has 3 N–H and O–H groups in total. The molecule has 7 nitrogen and oxygen atoms in total. The Balaban J connectivity index is 2.32. The Kier molecular flexibility index (Phi) is 3.46. The van der Waals surface area contributed by atoms with Crippen LogP contribution in [0.3, 0.4) is 0 Å². The first-order chi connectivity index (χ1) is 8.11. The molecule has 0 aliphatic heterocycles. The molecule has 0 radical (unpaired) electrons. The maximum Gasteiger partial charge on any atom is 0.238 e. The summed E-state index contributed by atoms with van der Waals surface area (Å²) in [4.78, 5) is 8.03. The molecule has 0 aliphatic rings. The number of nitrogen functional groups attached to an aromatic ring is 1. The summed E-state index contributed by atoms with van der Waals surface area (Å²) >= 11 is 7.29. The van der Waals surface area contributed by atoms with Crippen LogP contribution in [0.15, 0.2) is 16.4 Å². The lowest BCUT2D eigenvalue weighted by molar-refractivity contribution is 0.764. The third kappa shape index (κ3) is 2.48. The van der Waals surface area contributed by atoms with E-state index in [0.29, 0.717) is 21.2 Å². The molecule has 0 atom stereocenters. The maximum absolute atomic E-state index is 5.99. The van der Waals surface area contributed by atoms with E-state index in [2.05, 4.69) is 25.6 Å². The Hall–Kier alpha value is -1.38. The van der Waals surface area contributed by atoms with E-state index in [1.165, 1.54) is 18.0 Å². The van der Waals surface area contributed by atoms with Gasteiger partial charge in [-0.15, -0.1) is 10.2 Å². The lowest BCUT2D eigenvalue weighted by Crippen LogP contribution is -2.10. The van der Waals surface area contributed by atoms with Crippen LogP contribution in [0.5, 0.6) is 0 Å². The zero-order chi connectivity index (χ0) is 12.4. The molecule has 0 fully saturated rings. The molecule has 17 heavy (non-hydrogen) atoms. The number of hydrazine groups is 1. The highest BCUT2D eigenvalue weighted by atomic mass is 35.5. The van der Waals surface area contributed by atoms with Crippen molar-refractivity contribution < 1.29 is 0 Å². The molecule has 0 aliphatic carbocycles. The Morgan fingerprint density at radius 3 is 2.82 bits per heavy atom. The third-order valence-corrected chi connectivity index (χ3v) is 3.51. The fraction of sp³-hybridized carbons (Fsp3) is 0.250. The molecule has 0 aromatic carbocycles. The predicted octanol–water partition coefficient (Wildman–Crippen LogP) is 1.00. The molecule has 0 amide bonds. The van der Waals surface area contributed by atoms with Gasteiger partial charge in [0.25, 0.3) is 0 Å². The average Bonchev–Trinajstić information content (AvgIpc) is 2.64. The van der Waals surface area contributed by atoms with Crippen LogP contribution < -0.4 is 11.3 Å². The molecule has 0 spiro atoms. The first kappa shape index (κ1) is 12.1. The number of rotatable bonds is 3. The van der Waals surface area contributed by atoms with E-state index in [4.69, 9.17) is 17.4 Å². The van der Waals surface area contributed by atoms with Crippen molar-refractivity contribution in [3.8, 4) is 0 Å². The molecule has 0 saturated carbocycles. The van der Waals surface area contributed by atoms with Crippen LogP contribution in [-0.2, 0) is 7.05 Å². The van der Waals surface area contributed by atoms with E-state index < -0.39 is 0 Å². The molecule has 0 unspecified atom stereocenters. The summed E-state index contributed by atoms with van der Waals surface area (Å²) in [5.74, 6) is 6.35. The Labute approximate surface area is 107 Å². The summed E-state index contributed by atoms with van der Waals surface area (Å²) < 4.78 is 1.85. The van der Waals surface area contributed by atoms with Crippen molar-refractivity contribution in [1.82, 2.24) is 24.7 Å². The highest BCUT2D eigenvalue weighted by molar-refractivity contribution is 7.99. The zero-order valence-electron chi connectivity index (χ0n) is 9.18. The lowest BCUT2D eigenvalue weighted by atomic mass is 10.7. The molecule has 0 bridgehead atoms. The van der Waals surface area contributed by atoms with Gasteiger partial charge in [0.2, 0.25) is 5.95 Å². The van der Waals surface area contributed by atoms with Gasteiger partial charge in [-0.1, -0.05) is 11.6 Å². The maximum atomic E-state index is 5.99. The van der Waals surface area contributed by atoms with Crippen LogP contribution in [0.4, 0.5) is 5.95 Å². The minimum Gasteiger partial charge on any atom is -0.309 e. The van der Waals surface area contributed by atoms with Crippen LogP contribution >= 0.6 is 23.4 Å². The number of nitrogens with zero attached hydrogens (tertiary/aromatic N) is 5. The first-order valence-corrected chi connectivity index (χ1v) is 5.84. The van der Waals surface area contributed by atoms with Crippen molar-refractivity contribution in [2.24, 2.45) is 12.9 Å². The van der Waals surface area contributed by atoms with Crippen molar-refractivity contribution in [3.05, 3.63) is 17.0 Å². The second kappa shape index (κ2) is 4.86. The van der Waals surface area contributed by atoms with Gasteiger partial charge < -0.3 is 4.57 Å². The number of aryl methyl sites for hydroxylation is 1. The highest BCUT2D eigenvalue weighted by Gasteiger charge is 2.12. The van der Waals surface area contributed by atoms with E-state index in [9.17, 15) is 0 Å². The normalized spacial score (nSPS) is 10.6. The predicted molar refractivity (Wildman–Crippen MR) is 64.7 cm³/mol. The van der Waals surface area contributed by atoms with Crippen molar-refractivity contribution in [2.75, 3.05) is 5.43 Å². The summed E-state index contributed by atoms with van der Waals surface area (Å²) in [5.41, 5.74) is 2.36. The monoisotopic (exact) mass is 271 g/mol. The Morgan fingerprint density at radius 2 is 2.24 bits per heavy atom. The molecular weight excluding hydrogens is 262 g/mol. The van der Waals surface area contributed by atoms with Crippen molar-refractivity contribution in [1.29, 1.82) is 0 Å². The number of aromatic nitrogens is 5. The van der Waals surface area contributed by atoms with Crippen molar-refractivity contribution in [3.63, 3.8) is 0 Å². The minimum absolute atomic E-state index is 0.302. The number of nitrogens with two attached hydrogens (primary N) is 1. The third-order valence-electron chi connectivity index (χ3n) is 2.08. The lowest BCUT2D eigenvalue weighted by Gasteiger charge is -2.04. The van der Waals surface area contributed by atoms with Gasteiger partial charge in [-0.05, 0) is 18.7 Å². The van der Waals surface area contributed by atoms with Gasteiger partial charge in [-0.2, -0.15) is 0 Å². The topological polar surface area (TPSA) is 94.5 Å². The highest BCUT2D eigenvalue weighted by Crippen LogP contribution is 2.30. The van der Waals surface area contributed by atoms with Crippen LogP contribution in [0, 0.1) is 6.92 Å². The Bertz CT molecular complexity index is 541. The van der Waals surface area contributed by atoms with Gasteiger partial charge in [0, 0.05) is 7.05 Å². The molecule has 2 rings (SSSR count). The van der Waals surface area contributed by atoms with Gasteiger partial charge in [0.15, 0.2) is 5.16 Å². The summed E-state index contributed by atoms with van der Waals surface area (Å²) in [6.07, 6.45) is 1.48. The second-order valence-corrected chi connectivity index (χ2v) is 4.55. The summed E-state index contributed by atoms with van der Waals surface area (Å²) in [6.45, 7) is 1.87. The van der Waals surface area contributed by atoms with Gasteiger partial charge in [-0.25, -0.2) is 15.8 Å². The van der Waals surface area contributed by atoms with Crippen molar-refractivity contribution in [2.45, 2.75) is 17.1 Å². The molecule has 2 aromatic rings. The van der Waals surface area contributed by atoms with E-state index in [1.807, 2.05) is 18.5 Å². The molecule has 2 aromatic heterocycles. The Morgan fingerprint density at radius 1 is 1.47 bits per heavy atom. The fourth-order valence-electron chi connectivity index (χ4n) is 1.06. The SMILES string of the molecule is Cc1nnc(Sc2nc(NN)ncc2Cl)n1C. The second-order valence-electron chi connectivity index (χ2n) is 3.18. The number of nitrogens with one attached hydrogen (secondary N) is 1. The van der Waals surface area contributed by atoms with Gasteiger partial charge in [-0.3, -0.25) is 5.43 Å². The van der Waals surface area contributed by atoms with E-state index in [1.54, 1.807) is 0 Å². The zero-order valence-corrected chi connectivity index (χ0v) is 10.7. The smallest absolute Gasteiger partial charge is 0.238 e. The molecule has 90 valence electrons. The molecule has 9 heteroatoms. The van der Waals surface area contributed by atoms with Crippen LogP contribution in [0.25, 0.3) is 0 Å². The van der Waals surface area contributed by atoms with Crippen LogP contribution in [0.1, 0.15) is 5.82 Å². The number of halogens is 1. The summed E-state index contributed by atoms with van der Waals surface area (Å²) in [5, 5.41) is 9.68. The van der Waals surface area contributed by atoms with Crippen molar-refractivity contribution >= 4 is 29.3 Å². The van der Waals surface area contributed by atoms with Gasteiger partial charge in [0.05, 0.1) is 11.2 Å². The largest absolute Gasteiger partial charge is 0.309 e. The van der Waals surface area contributed by atoms with Crippen LogP contribution in [0.2, 0.25) is 5.02 Å². The summed E-state index contributed by atoms with van der Waals surface area (Å²) in [7, 11) is 1.87.